The highest BCUT2D eigenvalue weighted by Gasteiger charge is 2.27. The number of aliphatic hydroxyl groups is 1. The van der Waals surface area contributed by atoms with Gasteiger partial charge in [-0.15, -0.1) is 11.3 Å². The molecule has 3 heterocycles. The first-order valence-corrected chi connectivity index (χ1v) is 8.93. The van der Waals surface area contributed by atoms with Crippen molar-refractivity contribution in [2.45, 2.75) is 51.3 Å². The summed E-state index contributed by atoms with van der Waals surface area (Å²) in [6.07, 6.45) is 5.56. The third-order valence-corrected chi connectivity index (χ3v) is 5.48. The van der Waals surface area contributed by atoms with Crippen LogP contribution in [0.2, 0.25) is 0 Å². The summed E-state index contributed by atoms with van der Waals surface area (Å²) in [7, 11) is 0. The first-order chi connectivity index (χ1) is 10.7. The molecule has 0 spiro atoms. The van der Waals surface area contributed by atoms with Crippen molar-refractivity contribution in [3.8, 4) is 0 Å². The number of hydrogen-bond donors (Lipinski definition) is 1. The Kier molecular flexibility index (Phi) is 4.90. The molecule has 0 aliphatic carbocycles. The number of aliphatic hydroxyl groups excluding tert-OH is 1. The van der Waals surface area contributed by atoms with Crippen molar-refractivity contribution in [3.05, 3.63) is 28.1 Å². The van der Waals surface area contributed by atoms with Gasteiger partial charge >= 0.3 is 0 Å². The summed E-state index contributed by atoms with van der Waals surface area (Å²) in [5, 5.41) is 12.1. The molecule has 0 radical (unpaired) electrons. The quantitative estimate of drug-likeness (QED) is 0.916. The van der Waals surface area contributed by atoms with E-state index in [1.54, 1.807) is 10.9 Å². The number of aromatic nitrogens is 2. The van der Waals surface area contributed by atoms with E-state index in [9.17, 15) is 9.90 Å². The first-order valence-electron chi connectivity index (χ1n) is 8.05. The van der Waals surface area contributed by atoms with Crippen molar-refractivity contribution in [2.75, 3.05) is 13.1 Å². The molecule has 1 aliphatic rings. The van der Waals surface area contributed by atoms with E-state index in [0.717, 1.165) is 36.1 Å². The number of likely N-dealkylation sites (tertiary alicyclic amines) is 1. The van der Waals surface area contributed by atoms with Gasteiger partial charge in [0, 0.05) is 19.1 Å². The predicted octanol–water partition coefficient (Wildman–Crippen LogP) is 2.08. The van der Waals surface area contributed by atoms with Crippen LogP contribution >= 0.6 is 11.3 Å². The minimum absolute atomic E-state index is 0.0459. The second-order valence-electron chi connectivity index (χ2n) is 5.95. The molecule has 2 unspecified atom stereocenters. The Hall–Kier alpha value is -1.24. The maximum Gasteiger partial charge on any atom is 0.271 e. The largest absolute Gasteiger partial charge is 0.392 e. The van der Waals surface area contributed by atoms with Crippen LogP contribution in [-0.2, 0) is 6.54 Å². The average Bonchev–Trinajstić information content (AvgIpc) is 3.03. The van der Waals surface area contributed by atoms with E-state index in [4.69, 9.17) is 0 Å². The van der Waals surface area contributed by atoms with Crippen molar-refractivity contribution in [2.24, 2.45) is 0 Å². The maximum absolute atomic E-state index is 12.4. The van der Waals surface area contributed by atoms with Crippen LogP contribution in [0.25, 0.3) is 10.2 Å². The van der Waals surface area contributed by atoms with Crippen molar-refractivity contribution in [3.63, 3.8) is 0 Å². The Morgan fingerprint density at radius 2 is 2.32 bits per heavy atom. The molecule has 1 fully saturated rings. The number of nitrogens with zero attached hydrogens (tertiary/aromatic N) is 3. The van der Waals surface area contributed by atoms with Gasteiger partial charge in [-0.3, -0.25) is 14.3 Å². The van der Waals surface area contributed by atoms with Gasteiger partial charge in [-0.2, -0.15) is 0 Å². The fourth-order valence-corrected chi connectivity index (χ4v) is 4.07. The van der Waals surface area contributed by atoms with Crippen molar-refractivity contribution < 1.29 is 5.11 Å². The highest BCUT2D eigenvalue weighted by Crippen LogP contribution is 2.21. The fraction of sp³-hybridized carbons (Fsp3) is 0.625. The number of fused-ring (bicyclic) bond motifs is 1. The van der Waals surface area contributed by atoms with Crippen LogP contribution in [0.1, 0.15) is 32.6 Å². The second kappa shape index (κ2) is 6.89. The van der Waals surface area contributed by atoms with Crippen LogP contribution in [0.3, 0.4) is 0 Å². The van der Waals surface area contributed by atoms with E-state index in [1.807, 2.05) is 18.4 Å². The third kappa shape index (κ3) is 3.09. The van der Waals surface area contributed by atoms with Gasteiger partial charge < -0.3 is 5.11 Å². The summed E-state index contributed by atoms with van der Waals surface area (Å²) in [4.78, 5) is 19.1. The average molecular weight is 321 g/mol. The van der Waals surface area contributed by atoms with Gasteiger partial charge in [0.25, 0.3) is 5.56 Å². The number of hydrogen-bond acceptors (Lipinski definition) is 5. The van der Waals surface area contributed by atoms with Gasteiger partial charge in [-0.1, -0.05) is 13.3 Å². The minimum atomic E-state index is -0.269. The molecule has 2 aromatic rings. The summed E-state index contributed by atoms with van der Waals surface area (Å²) in [6.45, 7) is 4.45. The summed E-state index contributed by atoms with van der Waals surface area (Å²) in [6, 6.07) is 2.11. The van der Waals surface area contributed by atoms with Crippen molar-refractivity contribution >= 4 is 21.6 Å². The Morgan fingerprint density at radius 3 is 3.14 bits per heavy atom. The topological polar surface area (TPSA) is 58.4 Å². The van der Waals surface area contributed by atoms with E-state index in [-0.39, 0.29) is 17.7 Å². The summed E-state index contributed by atoms with van der Waals surface area (Å²) < 4.78 is 2.43. The zero-order valence-electron chi connectivity index (χ0n) is 12.9. The van der Waals surface area contributed by atoms with Crippen LogP contribution in [0.5, 0.6) is 0 Å². The lowest BCUT2D eigenvalue weighted by Crippen LogP contribution is -2.48. The molecular formula is C16H23N3O2S. The molecule has 0 bridgehead atoms. The predicted molar refractivity (Wildman–Crippen MR) is 89.4 cm³/mol. The first kappa shape index (κ1) is 15.6. The van der Waals surface area contributed by atoms with Crippen LogP contribution in [0.15, 0.2) is 22.6 Å². The van der Waals surface area contributed by atoms with Crippen LogP contribution in [0.4, 0.5) is 0 Å². The molecule has 3 rings (SSSR count). The van der Waals surface area contributed by atoms with E-state index < -0.39 is 0 Å². The Morgan fingerprint density at radius 1 is 1.45 bits per heavy atom. The molecule has 0 aromatic carbocycles. The lowest BCUT2D eigenvalue weighted by molar-refractivity contribution is 0.0222. The van der Waals surface area contributed by atoms with E-state index in [2.05, 4.69) is 9.88 Å². The summed E-state index contributed by atoms with van der Waals surface area (Å²) >= 11 is 1.45. The molecule has 6 heteroatoms. The summed E-state index contributed by atoms with van der Waals surface area (Å²) in [5.74, 6) is 0. The molecule has 0 saturated carbocycles. The lowest BCUT2D eigenvalue weighted by Gasteiger charge is -2.38. The molecule has 2 aromatic heterocycles. The maximum atomic E-state index is 12.4. The lowest BCUT2D eigenvalue weighted by atomic mass is 9.96. The molecule has 0 amide bonds. The second-order valence-corrected chi connectivity index (χ2v) is 6.87. The summed E-state index contributed by atoms with van der Waals surface area (Å²) in [5.41, 5.74) is 0.827. The van der Waals surface area contributed by atoms with Gasteiger partial charge in [-0.05, 0) is 37.3 Å². The number of thiophene rings is 1. The van der Waals surface area contributed by atoms with E-state index in [0.29, 0.717) is 6.54 Å². The fourth-order valence-electron chi connectivity index (χ4n) is 3.28. The highest BCUT2D eigenvalue weighted by molar-refractivity contribution is 7.17. The standard InChI is InChI=1S/C16H23N3O2S/c1-2-14(20)13-5-3-4-7-18(13)8-9-19-11-17-12-6-10-22-15(12)16(19)21/h6,10-11,13-14,20H,2-5,7-9H2,1H3. The zero-order chi connectivity index (χ0) is 15.5. The van der Waals surface area contributed by atoms with Crippen molar-refractivity contribution in [1.82, 2.24) is 14.5 Å². The number of piperidine rings is 1. The normalized spacial score (nSPS) is 21.3. The van der Waals surface area contributed by atoms with Gasteiger partial charge in [0.05, 0.1) is 17.9 Å². The van der Waals surface area contributed by atoms with Gasteiger partial charge in [0.2, 0.25) is 0 Å². The van der Waals surface area contributed by atoms with E-state index >= 15 is 0 Å². The molecule has 120 valence electrons. The van der Waals surface area contributed by atoms with Crippen LogP contribution in [-0.4, -0.2) is 44.8 Å². The van der Waals surface area contributed by atoms with Crippen molar-refractivity contribution in [1.29, 1.82) is 0 Å². The van der Waals surface area contributed by atoms with E-state index in [1.165, 1.54) is 24.2 Å². The molecule has 1 saturated heterocycles. The minimum Gasteiger partial charge on any atom is -0.392 e. The highest BCUT2D eigenvalue weighted by atomic mass is 32.1. The van der Waals surface area contributed by atoms with Crippen LogP contribution in [0, 0.1) is 0 Å². The molecule has 1 N–H and O–H groups in total. The molecule has 5 nitrogen and oxygen atoms in total. The van der Waals surface area contributed by atoms with Gasteiger partial charge in [-0.25, -0.2) is 4.98 Å². The van der Waals surface area contributed by atoms with Gasteiger partial charge in [0.15, 0.2) is 0 Å². The Bertz CT molecular complexity index is 681. The molecule has 1 aliphatic heterocycles. The SMILES string of the molecule is CCC(O)C1CCCCN1CCn1cnc2ccsc2c1=O. The molecule has 2 atom stereocenters. The van der Waals surface area contributed by atoms with Gasteiger partial charge in [0.1, 0.15) is 4.70 Å². The molecule has 22 heavy (non-hydrogen) atoms. The zero-order valence-corrected chi connectivity index (χ0v) is 13.8. The third-order valence-electron chi connectivity index (χ3n) is 4.59. The Labute approximate surface area is 134 Å². The molecular weight excluding hydrogens is 298 g/mol. The Balaban J connectivity index is 1.72. The smallest absolute Gasteiger partial charge is 0.271 e. The van der Waals surface area contributed by atoms with Crippen LogP contribution < -0.4 is 5.56 Å². The number of rotatable bonds is 5. The monoisotopic (exact) mass is 321 g/mol.